The van der Waals surface area contributed by atoms with E-state index in [9.17, 15) is 0 Å². The maximum atomic E-state index is 6.79. The van der Waals surface area contributed by atoms with Crippen LogP contribution >= 0.6 is 11.3 Å². The zero-order valence-electron chi connectivity index (χ0n) is 27.3. The van der Waals surface area contributed by atoms with Gasteiger partial charge < -0.3 is 4.42 Å². The molecule has 4 aromatic heterocycles. The number of nitrogens with zero attached hydrogens (tertiary/aromatic N) is 3. The summed E-state index contributed by atoms with van der Waals surface area (Å²) in [7, 11) is 0. The second-order valence-electron chi connectivity index (χ2n) is 13.9. The second kappa shape index (κ2) is 10.7. The summed E-state index contributed by atoms with van der Waals surface area (Å²) in [6.07, 6.45) is 10.0. The number of rotatable bonds is 3. The van der Waals surface area contributed by atoms with Crippen LogP contribution in [0.15, 0.2) is 132 Å². The number of hydrogen-bond acceptors (Lipinski definition) is 5. The fourth-order valence-corrected chi connectivity index (χ4v) is 10.1. The van der Waals surface area contributed by atoms with Gasteiger partial charge in [-0.25, -0.2) is 9.97 Å². The van der Waals surface area contributed by atoms with Crippen LogP contribution in [0.5, 0.6) is 0 Å². The van der Waals surface area contributed by atoms with E-state index in [0.29, 0.717) is 5.82 Å². The molecule has 2 aliphatic carbocycles. The van der Waals surface area contributed by atoms with Crippen molar-refractivity contribution in [3.63, 3.8) is 0 Å². The first kappa shape index (κ1) is 28.2. The fourth-order valence-electron chi connectivity index (χ4n) is 8.92. The topological polar surface area (TPSA) is 51.8 Å². The molecule has 50 heavy (non-hydrogen) atoms. The Labute approximate surface area is 293 Å². The largest absolute Gasteiger partial charge is 0.455 e. The average molecular weight is 662 g/mol. The van der Waals surface area contributed by atoms with E-state index in [1.54, 1.807) is 11.3 Å². The number of benzene rings is 5. The van der Waals surface area contributed by atoms with E-state index in [-0.39, 0.29) is 5.41 Å². The van der Waals surface area contributed by atoms with Crippen molar-refractivity contribution < 1.29 is 4.42 Å². The fraction of sp³-hybridized carbons (Fsp3) is 0.133. The number of para-hydroxylation sites is 1. The Hall–Kier alpha value is -5.65. The Bertz CT molecular complexity index is 2810. The van der Waals surface area contributed by atoms with Gasteiger partial charge in [0.05, 0.1) is 15.9 Å². The van der Waals surface area contributed by atoms with Gasteiger partial charge in [0.15, 0.2) is 5.82 Å². The van der Waals surface area contributed by atoms with E-state index in [2.05, 4.69) is 108 Å². The molecule has 1 spiro atoms. The SMILES string of the molecule is c1ccc2c(c1)-c1cc(-c3cccc4c3oc3cc(-c5nc(-c6ccncc6)c6sc7ccccc7c6n5)ccc34)ccc1C21CCCCC1. The zero-order valence-corrected chi connectivity index (χ0v) is 28.1. The van der Waals surface area contributed by atoms with Gasteiger partial charge in [-0.1, -0.05) is 98.1 Å². The van der Waals surface area contributed by atoms with Crippen LogP contribution in [0.1, 0.15) is 43.2 Å². The molecule has 0 aliphatic heterocycles. The second-order valence-corrected chi connectivity index (χ2v) is 14.9. The molecule has 11 rings (SSSR count). The van der Waals surface area contributed by atoms with Gasteiger partial charge in [0.1, 0.15) is 11.2 Å². The van der Waals surface area contributed by atoms with Gasteiger partial charge >= 0.3 is 0 Å². The lowest BCUT2D eigenvalue weighted by molar-refractivity contribution is 0.353. The molecule has 0 radical (unpaired) electrons. The van der Waals surface area contributed by atoms with Crippen molar-refractivity contribution in [3.8, 4) is 44.9 Å². The van der Waals surface area contributed by atoms with Crippen molar-refractivity contribution in [1.82, 2.24) is 15.0 Å². The summed E-state index contributed by atoms with van der Waals surface area (Å²) in [5, 5.41) is 3.35. The van der Waals surface area contributed by atoms with Gasteiger partial charge in [-0.15, -0.1) is 11.3 Å². The highest BCUT2D eigenvalue weighted by molar-refractivity contribution is 7.26. The summed E-state index contributed by atoms with van der Waals surface area (Å²) in [5.41, 5.74) is 13.9. The number of fused-ring (bicyclic) bond motifs is 11. The van der Waals surface area contributed by atoms with E-state index < -0.39 is 0 Å². The summed E-state index contributed by atoms with van der Waals surface area (Å²) in [5.74, 6) is 0.685. The first-order valence-electron chi connectivity index (χ1n) is 17.6. The minimum Gasteiger partial charge on any atom is -0.455 e. The summed E-state index contributed by atoms with van der Waals surface area (Å²) in [6, 6.07) is 41.7. The number of furan rings is 1. The smallest absolute Gasteiger partial charge is 0.160 e. The van der Waals surface area contributed by atoms with Crippen LogP contribution in [0.25, 0.3) is 87.1 Å². The number of pyridine rings is 1. The first-order valence-corrected chi connectivity index (χ1v) is 18.4. The van der Waals surface area contributed by atoms with Crippen molar-refractivity contribution in [2.45, 2.75) is 37.5 Å². The molecule has 0 amide bonds. The molecule has 9 aromatic rings. The van der Waals surface area contributed by atoms with Crippen LogP contribution in [0.4, 0.5) is 0 Å². The van der Waals surface area contributed by atoms with Crippen LogP contribution < -0.4 is 0 Å². The molecule has 4 nitrogen and oxygen atoms in total. The monoisotopic (exact) mass is 661 g/mol. The van der Waals surface area contributed by atoms with Crippen molar-refractivity contribution in [3.05, 3.63) is 139 Å². The predicted molar refractivity (Wildman–Crippen MR) is 206 cm³/mol. The van der Waals surface area contributed by atoms with Crippen LogP contribution in [0.2, 0.25) is 0 Å². The van der Waals surface area contributed by atoms with E-state index in [1.807, 2.05) is 24.5 Å². The molecule has 5 heteroatoms. The Morgan fingerprint density at radius 2 is 1.36 bits per heavy atom. The third-order valence-corrected chi connectivity index (χ3v) is 12.4. The molecule has 0 atom stereocenters. The quantitative estimate of drug-likeness (QED) is 0.189. The number of aromatic nitrogens is 3. The first-order chi connectivity index (χ1) is 24.7. The summed E-state index contributed by atoms with van der Waals surface area (Å²) in [4.78, 5) is 14.6. The molecule has 1 saturated carbocycles. The molecule has 238 valence electrons. The molecular weight excluding hydrogens is 631 g/mol. The van der Waals surface area contributed by atoms with E-state index in [4.69, 9.17) is 14.4 Å². The Kier molecular flexibility index (Phi) is 6.02. The molecule has 0 bridgehead atoms. The molecular formula is C45H31N3OS. The van der Waals surface area contributed by atoms with Crippen LogP contribution in [-0.2, 0) is 5.41 Å². The highest BCUT2D eigenvalue weighted by Gasteiger charge is 2.43. The lowest BCUT2D eigenvalue weighted by Gasteiger charge is -2.36. The van der Waals surface area contributed by atoms with E-state index >= 15 is 0 Å². The van der Waals surface area contributed by atoms with E-state index in [1.165, 1.54) is 64.6 Å². The molecule has 4 heterocycles. The lowest BCUT2D eigenvalue weighted by Crippen LogP contribution is -2.27. The highest BCUT2D eigenvalue weighted by atomic mass is 32.1. The van der Waals surface area contributed by atoms with Crippen molar-refractivity contribution >= 4 is 53.6 Å². The van der Waals surface area contributed by atoms with Gasteiger partial charge in [0.2, 0.25) is 0 Å². The summed E-state index contributed by atoms with van der Waals surface area (Å²) >= 11 is 1.74. The highest BCUT2D eigenvalue weighted by Crippen LogP contribution is 2.56. The number of hydrogen-bond donors (Lipinski definition) is 0. The van der Waals surface area contributed by atoms with Crippen LogP contribution in [-0.4, -0.2) is 15.0 Å². The molecule has 1 fully saturated rings. The third-order valence-electron chi connectivity index (χ3n) is 11.2. The minimum absolute atomic E-state index is 0.155. The Morgan fingerprint density at radius 3 is 2.28 bits per heavy atom. The standard InChI is InChI=1S/C45H31N3OS/c1-6-21-45(22-7-1)36-13-4-2-9-31(36)35-25-28(16-18-37(35)45)30-11-8-12-33-32-17-15-29(26-38(32)49-42(30)33)44-47-40(27-19-23-46-24-20-27)43-41(48-44)34-10-3-5-14-39(34)50-43/h2-5,8-20,23-26H,1,6-7,21-22H2. The van der Waals surface area contributed by atoms with Crippen molar-refractivity contribution in [1.29, 1.82) is 0 Å². The molecule has 0 unspecified atom stereocenters. The zero-order chi connectivity index (χ0) is 32.8. The summed E-state index contributed by atoms with van der Waals surface area (Å²) < 4.78 is 9.08. The van der Waals surface area contributed by atoms with Crippen molar-refractivity contribution in [2.24, 2.45) is 0 Å². The molecule has 5 aromatic carbocycles. The van der Waals surface area contributed by atoms with Crippen LogP contribution in [0.3, 0.4) is 0 Å². The van der Waals surface area contributed by atoms with Gasteiger partial charge in [0.25, 0.3) is 0 Å². The van der Waals surface area contributed by atoms with E-state index in [0.717, 1.165) is 59.9 Å². The van der Waals surface area contributed by atoms with Gasteiger partial charge in [-0.05, 0) is 77.1 Å². The molecule has 0 N–H and O–H groups in total. The van der Waals surface area contributed by atoms with Crippen LogP contribution in [0, 0.1) is 0 Å². The predicted octanol–water partition coefficient (Wildman–Crippen LogP) is 12.4. The third kappa shape index (κ3) is 4.01. The summed E-state index contributed by atoms with van der Waals surface area (Å²) in [6.45, 7) is 0. The number of thiophene rings is 1. The maximum absolute atomic E-state index is 6.79. The van der Waals surface area contributed by atoms with Gasteiger partial charge in [-0.3, -0.25) is 4.98 Å². The normalized spacial score (nSPS) is 15.0. The minimum atomic E-state index is 0.155. The molecule has 0 saturated heterocycles. The van der Waals surface area contributed by atoms with Gasteiger partial charge in [0, 0.05) is 55.4 Å². The van der Waals surface area contributed by atoms with Crippen molar-refractivity contribution in [2.75, 3.05) is 0 Å². The Balaban J connectivity index is 1.06. The molecule has 2 aliphatic rings. The lowest BCUT2D eigenvalue weighted by atomic mass is 9.68. The Morgan fingerprint density at radius 1 is 0.580 bits per heavy atom. The van der Waals surface area contributed by atoms with Gasteiger partial charge in [-0.2, -0.15) is 0 Å². The average Bonchev–Trinajstić information content (AvgIpc) is 3.83. The maximum Gasteiger partial charge on any atom is 0.160 e.